The third-order valence-electron chi connectivity index (χ3n) is 7.55. The van der Waals surface area contributed by atoms with Crippen LogP contribution in [0.4, 0.5) is 0 Å². The van der Waals surface area contributed by atoms with Crippen LogP contribution in [-0.2, 0) is 20.9 Å². The van der Waals surface area contributed by atoms with Crippen molar-refractivity contribution in [1.29, 1.82) is 0 Å². The molecule has 0 aliphatic carbocycles. The molecule has 0 saturated carbocycles. The first-order valence-electron chi connectivity index (χ1n) is 13.1. The number of para-hydroxylation sites is 1. The minimum absolute atomic E-state index is 0.00610. The average molecular weight is 539 g/mol. The molecule has 2 saturated heterocycles. The Hall–Kier alpha value is -3.07. The van der Waals surface area contributed by atoms with Gasteiger partial charge in [0.25, 0.3) is 0 Å². The molecule has 9 heteroatoms. The molecule has 2 aromatic carbocycles. The number of amides is 2. The van der Waals surface area contributed by atoms with Crippen LogP contribution in [0.3, 0.4) is 0 Å². The molecule has 0 spiro atoms. The Morgan fingerprint density at radius 2 is 1.79 bits per heavy atom. The van der Waals surface area contributed by atoms with E-state index < -0.39 is 5.60 Å². The van der Waals surface area contributed by atoms with Crippen molar-refractivity contribution in [3.05, 3.63) is 65.3 Å². The smallest absolute Gasteiger partial charge is 0.242 e. The second kappa shape index (κ2) is 11.4. The standard InChI is InChI=1S/C29H35ClN4O4/c1-22-17-24(7-8-25(22)30)37-21-29(18-27(35)32-13-11-31(2)12-14-32)20-34(15-16-38-29)28(36)19-33-10-9-23-5-3-4-6-26(23)33/h3-10,17H,11-16,18-21H2,1-2H3/t29-/m0/s1. The molecule has 3 aromatic rings. The fourth-order valence-electron chi connectivity index (χ4n) is 5.19. The van der Waals surface area contributed by atoms with E-state index in [1.54, 1.807) is 6.07 Å². The molecule has 38 heavy (non-hydrogen) atoms. The number of nitrogens with zero attached hydrogens (tertiary/aromatic N) is 4. The molecule has 3 heterocycles. The number of fused-ring (bicyclic) bond motifs is 1. The summed E-state index contributed by atoms with van der Waals surface area (Å²) in [6, 6.07) is 15.5. The number of aromatic nitrogens is 1. The van der Waals surface area contributed by atoms with Crippen molar-refractivity contribution in [3.8, 4) is 5.75 Å². The van der Waals surface area contributed by atoms with Gasteiger partial charge in [0.15, 0.2) is 0 Å². The lowest BCUT2D eigenvalue weighted by Gasteiger charge is -2.43. The number of carbonyl (C=O) groups is 2. The lowest BCUT2D eigenvalue weighted by atomic mass is 9.96. The Kier molecular flexibility index (Phi) is 7.93. The van der Waals surface area contributed by atoms with Crippen molar-refractivity contribution in [2.75, 3.05) is 59.5 Å². The van der Waals surface area contributed by atoms with Crippen LogP contribution in [0.1, 0.15) is 12.0 Å². The Labute approximate surface area is 228 Å². The van der Waals surface area contributed by atoms with Crippen LogP contribution in [0, 0.1) is 6.92 Å². The minimum Gasteiger partial charge on any atom is -0.490 e. The monoisotopic (exact) mass is 538 g/mol. The first-order chi connectivity index (χ1) is 18.3. The summed E-state index contributed by atoms with van der Waals surface area (Å²) in [6.45, 7) is 6.47. The number of ether oxygens (including phenoxy) is 2. The van der Waals surface area contributed by atoms with E-state index in [-0.39, 0.29) is 37.9 Å². The van der Waals surface area contributed by atoms with Crippen molar-refractivity contribution in [2.45, 2.75) is 25.5 Å². The molecule has 1 atom stereocenters. The van der Waals surface area contributed by atoms with E-state index in [0.29, 0.717) is 37.0 Å². The maximum Gasteiger partial charge on any atom is 0.242 e. The molecule has 0 N–H and O–H groups in total. The topological polar surface area (TPSA) is 67.2 Å². The molecule has 202 valence electrons. The molecule has 0 radical (unpaired) electrons. The van der Waals surface area contributed by atoms with Gasteiger partial charge in [-0.15, -0.1) is 0 Å². The zero-order chi connectivity index (χ0) is 26.7. The predicted octanol–water partition coefficient (Wildman–Crippen LogP) is 3.44. The molecular formula is C29H35ClN4O4. The highest BCUT2D eigenvalue weighted by molar-refractivity contribution is 6.31. The summed E-state index contributed by atoms with van der Waals surface area (Å²) in [5.74, 6) is 0.678. The van der Waals surface area contributed by atoms with E-state index in [4.69, 9.17) is 21.1 Å². The summed E-state index contributed by atoms with van der Waals surface area (Å²) in [4.78, 5) is 32.8. The molecule has 1 aromatic heterocycles. The Bertz CT molecular complexity index is 1300. The van der Waals surface area contributed by atoms with E-state index in [1.165, 1.54) is 0 Å². The first-order valence-corrected chi connectivity index (χ1v) is 13.5. The molecule has 2 fully saturated rings. The van der Waals surface area contributed by atoms with E-state index in [2.05, 4.69) is 11.9 Å². The van der Waals surface area contributed by atoms with Crippen molar-refractivity contribution >= 4 is 34.3 Å². The fourth-order valence-corrected chi connectivity index (χ4v) is 5.31. The number of hydrogen-bond donors (Lipinski definition) is 0. The lowest BCUT2D eigenvalue weighted by molar-refractivity contribution is -0.166. The van der Waals surface area contributed by atoms with Crippen LogP contribution >= 0.6 is 11.6 Å². The van der Waals surface area contributed by atoms with Gasteiger partial charge >= 0.3 is 0 Å². The van der Waals surface area contributed by atoms with Gasteiger partial charge in [-0.3, -0.25) is 9.59 Å². The zero-order valence-corrected chi connectivity index (χ0v) is 22.8. The van der Waals surface area contributed by atoms with Gasteiger partial charge in [0, 0.05) is 49.5 Å². The van der Waals surface area contributed by atoms with Crippen LogP contribution in [0.25, 0.3) is 10.9 Å². The third-order valence-corrected chi connectivity index (χ3v) is 7.97. The predicted molar refractivity (Wildman–Crippen MR) is 148 cm³/mol. The van der Waals surface area contributed by atoms with Crippen LogP contribution in [0.2, 0.25) is 5.02 Å². The summed E-state index contributed by atoms with van der Waals surface area (Å²) >= 11 is 6.19. The summed E-state index contributed by atoms with van der Waals surface area (Å²) in [6.07, 6.45) is 2.10. The number of rotatable bonds is 7. The average Bonchev–Trinajstić information content (AvgIpc) is 3.32. The molecule has 8 nitrogen and oxygen atoms in total. The van der Waals surface area contributed by atoms with Crippen molar-refractivity contribution in [2.24, 2.45) is 0 Å². The van der Waals surface area contributed by atoms with Crippen molar-refractivity contribution in [3.63, 3.8) is 0 Å². The minimum atomic E-state index is -0.944. The van der Waals surface area contributed by atoms with Gasteiger partial charge < -0.3 is 28.7 Å². The number of benzene rings is 2. The van der Waals surface area contributed by atoms with Crippen LogP contribution in [0.5, 0.6) is 5.75 Å². The number of morpholine rings is 1. The van der Waals surface area contributed by atoms with Gasteiger partial charge in [-0.05, 0) is 55.3 Å². The molecular weight excluding hydrogens is 504 g/mol. The highest BCUT2D eigenvalue weighted by Gasteiger charge is 2.42. The Morgan fingerprint density at radius 1 is 1.00 bits per heavy atom. The van der Waals surface area contributed by atoms with Gasteiger partial charge in [-0.25, -0.2) is 0 Å². The Morgan fingerprint density at radius 3 is 2.58 bits per heavy atom. The summed E-state index contributed by atoms with van der Waals surface area (Å²) in [5, 5.41) is 1.77. The van der Waals surface area contributed by atoms with E-state index >= 15 is 0 Å². The van der Waals surface area contributed by atoms with E-state index in [0.717, 1.165) is 29.6 Å². The SMILES string of the molecule is Cc1cc(OC[C@]2(CC(=O)N3CCN(C)CC3)CN(C(=O)Cn3ccc4ccccc43)CCO2)ccc1Cl. The van der Waals surface area contributed by atoms with Gasteiger partial charge in [-0.1, -0.05) is 29.8 Å². The van der Waals surface area contributed by atoms with Crippen LogP contribution in [-0.4, -0.2) is 96.2 Å². The second-order valence-electron chi connectivity index (χ2n) is 10.4. The Balaban J connectivity index is 1.33. The molecule has 2 amide bonds. The quantitative estimate of drug-likeness (QED) is 0.461. The van der Waals surface area contributed by atoms with Crippen LogP contribution < -0.4 is 4.74 Å². The van der Waals surface area contributed by atoms with Gasteiger partial charge in [0.1, 0.15) is 24.5 Å². The van der Waals surface area contributed by atoms with Gasteiger partial charge in [0.05, 0.1) is 19.6 Å². The van der Waals surface area contributed by atoms with Crippen molar-refractivity contribution < 1.29 is 19.1 Å². The number of halogens is 1. The number of carbonyl (C=O) groups excluding carboxylic acids is 2. The molecule has 5 rings (SSSR count). The summed E-state index contributed by atoms with van der Waals surface area (Å²) in [5.41, 5.74) is 0.986. The fraction of sp³-hybridized carbons (Fsp3) is 0.448. The summed E-state index contributed by atoms with van der Waals surface area (Å²) in [7, 11) is 2.06. The van der Waals surface area contributed by atoms with E-state index in [1.807, 2.05) is 70.0 Å². The zero-order valence-electron chi connectivity index (χ0n) is 22.1. The molecule has 2 aliphatic rings. The van der Waals surface area contributed by atoms with Crippen molar-refractivity contribution in [1.82, 2.24) is 19.3 Å². The highest BCUT2D eigenvalue weighted by Crippen LogP contribution is 2.28. The van der Waals surface area contributed by atoms with Crippen LogP contribution in [0.15, 0.2) is 54.7 Å². The van der Waals surface area contributed by atoms with Gasteiger partial charge in [-0.2, -0.15) is 0 Å². The highest BCUT2D eigenvalue weighted by atomic mass is 35.5. The molecule has 0 bridgehead atoms. The number of likely N-dealkylation sites (N-methyl/N-ethyl adjacent to an activating group) is 1. The first kappa shape index (κ1) is 26.5. The summed E-state index contributed by atoms with van der Waals surface area (Å²) < 4.78 is 14.4. The largest absolute Gasteiger partial charge is 0.490 e. The number of piperazine rings is 1. The normalized spacial score (nSPS) is 20.6. The number of hydrogen-bond acceptors (Lipinski definition) is 5. The maximum atomic E-state index is 13.5. The molecule has 2 aliphatic heterocycles. The third kappa shape index (κ3) is 5.98. The van der Waals surface area contributed by atoms with Gasteiger partial charge in [0.2, 0.25) is 11.8 Å². The maximum absolute atomic E-state index is 13.5. The van der Waals surface area contributed by atoms with E-state index in [9.17, 15) is 9.59 Å². The second-order valence-corrected chi connectivity index (χ2v) is 10.8. The number of aryl methyl sites for hydroxylation is 1. The lowest BCUT2D eigenvalue weighted by Crippen LogP contribution is -2.59. The molecule has 0 unspecified atom stereocenters.